The van der Waals surface area contributed by atoms with Crippen LogP contribution in [0.15, 0.2) is 60.7 Å². The van der Waals surface area contributed by atoms with Gasteiger partial charge in [-0.15, -0.1) is 0 Å². The number of carbonyl (C=O) groups excluding carboxylic acids is 2. The van der Waals surface area contributed by atoms with Gasteiger partial charge in [0.25, 0.3) is 0 Å². The average molecular weight is 405 g/mol. The molecule has 156 valence electrons. The van der Waals surface area contributed by atoms with Crippen LogP contribution in [0.2, 0.25) is 0 Å². The first-order valence-electron chi connectivity index (χ1n) is 10.0. The standard InChI is InChI=1S/C25H27NO4/c1-17(2)15-29-22-12-10-20(11-13-22)25(28)30-16-24(27)23-14-18(3)26(19(23)4)21-8-6-5-7-9-21/h5-14,17H,15-16H2,1-4H3. The first kappa shape index (κ1) is 21.4. The van der Waals surface area contributed by atoms with Gasteiger partial charge in [0.2, 0.25) is 5.78 Å². The highest BCUT2D eigenvalue weighted by atomic mass is 16.5. The zero-order chi connectivity index (χ0) is 21.7. The summed E-state index contributed by atoms with van der Waals surface area (Å²) in [4.78, 5) is 25.0. The number of benzene rings is 2. The van der Waals surface area contributed by atoms with Crippen LogP contribution < -0.4 is 4.74 Å². The van der Waals surface area contributed by atoms with Crippen molar-refractivity contribution in [1.82, 2.24) is 4.57 Å². The zero-order valence-corrected chi connectivity index (χ0v) is 17.8. The SMILES string of the molecule is Cc1cc(C(=O)COC(=O)c2ccc(OCC(C)C)cc2)c(C)n1-c1ccccc1. The fraction of sp³-hybridized carbons (Fsp3) is 0.280. The maximum absolute atomic E-state index is 12.7. The van der Waals surface area contributed by atoms with E-state index in [0.717, 1.165) is 17.1 Å². The highest BCUT2D eigenvalue weighted by Gasteiger charge is 2.18. The van der Waals surface area contributed by atoms with E-state index in [-0.39, 0.29) is 12.4 Å². The second-order valence-corrected chi connectivity index (χ2v) is 7.68. The number of para-hydroxylation sites is 1. The highest BCUT2D eigenvalue weighted by Crippen LogP contribution is 2.21. The van der Waals surface area contributed by atoms with Crippen molar-refractivity contribution in [3.63, 3.8) is 0 Å². The maximum atomic E-state index is 12.7. The summed E-state index contributed by atoms with van der Waals surface area (Å²) in [6, 6.07) is 18.4. The number of esters is 1. The predicted octanol–water partition coefficient (Wildman–Crippen LogP) is 5.17. The Morgan fingerprint density at radius 2 is 1.63 bits per heavy atom. The van der Waals surface area contributed by atoms with E-state index in [1.807, 2.05) is 54.8 Å². The molecule has 30 heavy (non-hydrogen) atoms. The monoisotopic (exact) mass is 405 g/mol. The van der Waals surface area contributed by atoms with Gasteiger partial charge >= 0.3 is 5.97 Å². The molecule has 0 aliphatic carbocycles. The molecule has 0 fully saturated rings. The van der Waals surface area contributed by atoms with Gasteiger partial charge in [0, 0.05) is 22.6 Å². The van der Waals surface area contributed by atoms with Crippen molar-refractivity contribution >= 4 is 11.8 Å². The van der Waals surface area contributed by atoms with Gasteiger partial charge in [-0.25, -0.2) is 4.79 Å². The molecule has 0 bridgehead atoms. The number of ketones is 1. The summed E-state index contributed by atoms with van der Waals surface area (Å²) < 4.78 is 12.9. The predicted molar refractivity (Wildman–Crippen MR) is 117 cm³/mol. The van der Waals surface area contributed by atoms with Crippen LogP contribution in [0.5, 0.6) is 5.75 Å². The number of Topliss-reactive ketones (excluding diaryl/α,β-unsaturated/α-hetero) is 1. The maximum Gasteiger partial charge on any atom is 0.338 e. The molecular weight excluding hydrogens is 378 g/mol. The average Bonchev–Trinajstić information content (AvgIpc) is 3.05. The number of hydrogen-bond donors (Lipinski definition) is 0. The second-order valence-electron chi connectivity index (χ2n) is 7.68. The van der Waals surface area contributed by atoms with Crippen molar-refractivity contribution in [1.29, 1.82) is 0 Å². The Morgan fingerprint density at radius 1 is 0.967 bits per heavy atom. The molecule has 1 heterocycles. The fourth-order valence-electron chi connectivity index (χ4n) is 3.26. The highest BCUT2D eigenvalue weighted by molar-refractivity contribution is 6.00. The first-order valence-corrected chi connectivity index (χ1v) is 10.0. The molecule has 0 atom stereocenters. The van der Waals surface area contributed by atoms with Crippen molar-refractivity contribution in [3.05, 3.63) is 83.2 Å². The molecule has 0 N–H and O–H groups in total. The molecule has 0 saturated carbocycles. The lowest BCUT2D eigenvalue weighted by atomic mass is 10.1. The van der Waals surface area contributed by atoms with Crippen LogP contribution in [-0.4, -0.2) is 29.5 Å². The Kier molecular flexibility index (Phi) is 6.72. The molecule has 0 amide bonds. The van der Waals surface area contributed by atoms with Gasteiger partial charge < -0.3 is 14.0 Å². The fourth-order valence-corrected chi connectivity index (χ4v) is 3.26. The Bertz CT molecular complexity index is 1020. The quantitative estimate of drug-likeness (QED) is 0.383. The molecule has 5 heteroatoms. The normalized spacial score (nSPS) is 10.8. The van der Waals surface area contributed by atoms with Crippen LogP contribution in [0.25, 0.3) is 5.69 Å². The van der Waals surface area contributed by atoms with Gasteiger partial charge in [0.05, 0.1) is 12.2 Å². The van der Waals surface area contributed by atoms with Crippen molar-refractivity contribution in [3.8, 4) is 11.4 Å². The van der Waals surface area contributed by atoms with Crippen LogP contribution in [0.1, 0.15) is 46.0 Å². The van der Waals surface area contributed by atoms with E-state index in [4.69, 9.17) is 9.47 Å². The summed E-state index contributed by atoms with van der Waals surface area (Å²) in [6.07, 6.45) is 0. The largest absolute Gasteiger partial charge is 0.493 e. The van der Waals surface area contributed by atoms with Crippen LogP contribution in [0.3, 0.4) is 0 Å². The van der Waals surface area contributed by atoms with Crippen LogP contribution in [0.4, 0.5) is 0 Å². The van der Waals surface area contributed by atoms with Crippen molar-refractivity contribution in [2.24, 2.45) is 5.92 Å². The molecule has 5 nitrogen and oxygen atoms in total. The number of ether oxygens (including phenoxy) is 2. The third-order valence-corrected chi connectivity index (χ3v) is 4.75. The van der Waals surface area contributed by atoms with Gasteiger partial charge in [0.15, 0.2) is 6.61 Å². The van der Waals surface area contributed by atoms with E-state index >= 15 is 0 Å². The molecule has 0 radical (unpaired) electrons. The zero-order valence-electron chi connectivity index (χ0n) is 17.8. The van der Waals surface area contributed by atoms with Crippen molar-refractivity contribution in [2.45, 2.75) is 27.7 Å². The smallest absolute Gasteiger partial charge is 0.338 e. The van der Waals surface area contributed by atoms with E-state index in [1.165, 1.54) is 0 Å². The molecule has 3 rings (SSSR count). The van der Waals surface area contributed by atoms with Gasteiger partial charge in [-0.2, -0.15) is 0 Å². The van der Waals surface area contributed by atoms with E-state index in [2.05, 4.69) is 13.8 Å². The van der Waals surface area contributed by atoms with Crippen LogP contribution in [0, 0.1) is 19.8 Å². The van der Waals surface area contributed by atoms with Gasteiger partial charge in [-0.1, -0.05) is 32.0 Å². The Hall–Kier alpha value is -3.34. The molecule has 2 aromatic carbocycles. The van der Waals surface area contributed by atoms with E-state index in [0.29, 0.717) is 29.4 Å². The summed E-state index contributed by atoms with van der Waals surface area (Å²) >= 11 is 0. The lowest BCUT2D eigenvalue weighted by molar-refractivity contribution is 0.0474. The van der Waals surface area contributed by atoms with E-state index in [9.17, 15) is 9.59 Å². The minimum atomic E-state index is -0.532. The van der Waals surface area contributed by atoms with Gasteiger partial charge in [-0.05, 0) is 62.2 Å². The van der Waals surface area contributed by atoms with Crippen molar-refractivity contribution in [2.75, 3.05) is 13.2 Å². The van der Waals surface area contributed by atoms with Gasteiger partial charge in [-0.3, -0.25) is 4.79 Å². The summed E-state index contributed by atoms with van der Waals surface area (Å²) in [5.41, 5.74) is 3.70. The summed E-state index contributed by atoms with van der Waals surface area (Å²) in [5.74, 6) is 0.361. The summed E-state index contributed by atoms with van der Waals surface area (Å²) in [5, 5.41) is 0. The Labute approximate surface area is 177 Å². The molecule has 0 unspecified atom stereocenters. The van der Waals surface area contributed by atoms with Crippen LogP contribution in [-0.2, 0) is 4.74 Å². The third kappa shape index (κ3) is 4.98. The topological polar surface area (TPSA) is 57.5 Å². The molecular formula is C25H27NO4. The number of rotatable bonds is 8. The van der Waals surface area contributed by atoms with E-state index in [1.54, 1.807) is 24.3 Å². The molecule has 0 aliphatic heterocycles. The van der Waals surface area contributed by atoms with E-state index < -0.39 is 5.97 Å². The number of aromatic nitrogens is 1. The number of hydrogen-bond acceptors (Lipinski definition) is 4. The summed E-state index contributed by atoms with van der Waals surface area (Å²) in [6.45, 7) is 8.29. The molecule has 1 aromatic heterocycles. The first-order chi connectivity index (χ1) is 14.4. The Balaban J connectivity index is 1.64. The minimum Gasteiger partial charge on any atom is -0.493 e. The minimum absolute atomic E-state index is 0.226. The van der Waals surface area contributed by atoms with Crippen molar-refractivity contribution < 1.29 is 19.1 Å². The lowest BCUT2D eigenvalue weighted by Gasteiger charge is -2.10. The third-order valence-electron chi connectivity index (χ3n) is 4.75. The molecule has 0 saturated heterocycles. The summed E-state index contributed by atoms with van der Waals surface area (Å²) in [7, 11) is 0. The number of aryl methyl sites for hydroxylation is 1. The second kappa shape index (κ2) is 9.44. The molecule has 0 aliphatic rings. The number of carbonyl (C=O) groups is 2. The van der Waals surface area contributed by atoms with Crippen LogP contribution >= 0.6 is 0 Å². The number of nitrogens with zero attached hydrogens (tertiary/aromatic N) is 1. The van der Waals surface area contributed by atoms with Gasteiger partial charge in [0.1, 0.15) is 5.75 Å². The molecule has 0 spiro atoms. The molecule has 3 aromatic rings. The Morgan fingerprint density at radius 3 is 2.27 bits per heavy atom. The lowest BCUT2D eigenvalue weighted by Crippen LogP contribution is -2.15.